The number of aryl methyl sites for hydroxylation is 4. The first-order valence-electron chi connectivity index (χ1n) is 9.06. The van der Waals surface area contributed by atoms with Gasteiger partial charge in [-0.25, -0.2) is 0 Å². The first kappa shape index (κ1) is 16.8. The van der Waals surface area contributed by atoms with Gasteiger partial charge in [-0.3, -0.25) is 0 Å². The van der Waals surface area contributed by atoms with Crippen LogP contribution in [0.25, 0.3) is 0 Å². The molecule has 25 heavy (non-hydrogen) atoms. The van der Waals surface area contributed by atoms with Gasteiger partial charge in [0, 0.05) is 0 Å². The largest absolute Gasteiger partial charge is 0.370 e. The third kappa shape index (κ3) is 3.64. The molecule has 0 radical (unpaired) electrons. The molecule has 4 unspecified atom stereocenters. The van der Waals surface area contributed by atoms with Crippen molar-refractivity contribution >= 4 is 0 Å². The molecule has 0 N–H and O–H groups in total. The molecule has 4 atom stereocenters. The van der Waals surface area contributed by atoms with E-state index in [0.717, 1.165) is 13.2 Å². The van der Waals surface area contributed by atoms with Gasteiger partial charge in [0.1, 0.15) is 24.4 Å². The molecule has 2 saturated heterocycles. The van der Waals surface area contributed by atoms with Gasteiger partial charge < -0.3 is 14.2 Å². The third-order valence-electron chi connectivity index (χ3n) is 5.15. The second-order valence-electron chi connectivity index (χ2n) is 7.44. The van der Waals surface area contributed by atoms with Crippen molar-refractivity contribution in [2.75, 3.05) is 13.2 Å². The van der Waals surface area contributed by atoms with Crippen LogP contribution in [0.4, 0.5) is 0 Å². The Morgan fingerprint density at radius 2 is 1.16 bits per heavy atom. The smallest absolute Gasteiger partial charge is 0.112 e. The number of benzene rings is 2. The average Bonchev–Trinajstić information content (AvgIpc) is 3.45. The van der Waals surface area contributed by atoms with Crippen LogP contribution in [-0.2, 0) is 14.2 Å². The monoisotopic (exact) mass is 338 g/mol. The Labute approximate surface area is 149 Å². The summed E-state index contributed by atoms with van der Waals surface area (Å²) in [5.41, 5.74) is 7.52. The van der Waals surface area contributed by atoms with Crippen molar-refractivity contribution in [2.45, 2.75) is 52.1 Å². The summed E-state index contributed by atoms with van der Waals surface area (Å²) in [5, 5.41) is 0. The summed E-state index contributed by atoms with van der Waals surface area (Å²) in [6.07, 6.45) is 0.202. The van der Waals surface area contributed by atoms with E-state index in [1.165, 1.54) is 33.4 Å². The lowest BCUT2D eigenvalue weighted by molar-refractivity contribution is -0.0424. The van der Waals surface area contributed by atoms with Gasteiger partial charge in [-0.1, -0.05) is 47.5 Å². The van der Waals surface area contributed by atoms with Crippen molar-refractivity contribution in [3.8, 4) is 0 Å². The highest BCUT2D eigenvalue weighted by Crippen LogP contribution is 2.42. The second kappa shape index (κ2) is 6.56. The molecular weight excluding hydrogens is 312 g/mol. The van der Waals surface area contributed by atoms with E-state index in [-0.39, 0.29) is 24.4 Å². The number of ether oxygens (including phenoxy) is 3. The predicted molar refractivity (Wildman–Crippen MR) is 97.9 cm³/mol. The van der Waals surface area contributed by atoms with Crippen molar-refractivity contribution in [2.24, 2.45) is 0 Å². The fourth-order valence-corrected chi connectivity index (χ4v) is 3.63. The van der Waals surface area contributed by atoms with Crippen LogP contribution in [0.2, 0.25) is 0 Å². The van der Waals surface area contributed by atoms with Crippen molar-refractivity contribution in [3.63, 3.8) is 0 Å². The number of hydrogen-bond donors (Lipinski definition) is 0. The number of epoxide rings is 2. The topological polar surface area (TPSA) is 34.3 Å². The SMILES string of the molecule is Cc1ccc(C(OC(c2ccc(C)cc2C)C2CO2)C2CO2)c(C)c1. The van der Waals surface area contributed by atoms with E-state index >= 15 is 0 Å². The second-order valence-corrected chi connectivity index (χ2v) is 7.44. The van der Waals surface area contributed by atoms with Crippen LogP contribution in [0.3, 0.4) is 0 Å². The van der Waals surface area contributed by atoms with Crippen LogP contribution in [0.5, 0.6) is 0 Å². The maximum atomic E-state index is 6.66. The Hall–Kier alpha value is -1.68. The Morgan fingerprint density at radius 3 is 1.48 bits per heavy atom. The highest BCUT2D eigenvalue weighted by Gasteiger charge is 2.42. The molecule has 3 nitrogen and oxygen atoms in total. The van der Waals surface area contributed by atoms with Crippen LogP contribution in [0.15, 0.2) is 36.4 Å². The maximum absolute atomic E-state index is 6.66. The minimum atomic E-state index is -0.0458. The molecule has 4 rings (SSSR count). The highest BCUT2D eigenvalue weighted by molar-refractivity contribution is 5.35. The zero-order valence-electron chi connectivity index (χ0n) is 15.4. The molecule has 2 heterocycles. The van der Waals surface area contributed by atoms with Crippen molar-refractivity contribution in [1.82, 2.24) is 0 Å². The summed E-state index contributed by atoms with van der Waals surface area (Å²) >= 11 is 0. The summed E-state index contributed by atoms with van der Waals surface area (Å²) in [6, 6.07) is 13.1. The molecule has 2 aliphatic heterocycles. The van der Waals surface area contributed by atoms with Gasteiger partial charge in [-0.05, 0) is 49.9 Å². The molecule has 2 aromatic rings. The molecule has 0 aliphatic carbocycles. The zero-order valence-corrected chi connectivity index (χ0v) is 15.4. The summed E-state index contributed by atoms with van der Waals surface area (Å²) in [6.45, 7) is 10.1. The third-order valence-corrected chi connectivity index (χ3v) is 5.15. The van der Waals surface area contributed by atoms with Gasteiger partial charge in [0.05, 0.1) is 13.2 Å². The van der Waals surface area contributed by atoms with Crippen molar-refractivity contribution < 1.29 is 14.2 Å². The van der Waals surface area contributed by atoms with Gasteiger partial charge in [0.25, 0.3) is 0 Å². The first-order chi connectivity index (χ1) is 12.0. The van der Waals surface area contributed by atoms with E-state index in [2.05, 4.69) is 64.1 Å². The van der Waals surface area contributed by atoms with Crippen LogP contribution in [0, 0.1) is 27.7 Å². The van der Waals surface area contributed by atoms with E-state index in [9.17, 15) is 0 Å². The fourth-order valence-electron chi connectivity index (χ4n) is 3.63. The highest BCUT2D eigenvalue weighted by atomic mass is 16.6. The molecule has 0 amide bonds. The Balaban J connectivity index is 1.65. The lowest BCUT2D eigenvalue weighted by Gasteiger charge is -2.26. The van der Waals surface area contributed by atoms with E-state index in [0.29, 0.717) is 0 Å². The molecule has 0 spiro atoms. The number of hydrogen-bond acceptors (Lipinski definition) is 3. The van der Waals surface area contributed by atoms with Gasteiger partial charge >= 0.3 is 0 Å². The predicted octanol–water partition coefficient (Wildman–Crippen LogP) is 4.52. The first-order valence-corrected chi connectivity index (χ1v) is 9.06. The Bertz CT molecular complexity index is 709. The normalized spacial score (nSPS) is 24.0. The maximum Gasteiger partial charge on any atom is 0.112 e. The number of rotatable bonds is 6. The van der Waals surface area contributed by atoms with E-state index < -0.39 is 0 Å². The van der Waals surface area contributed by atoms with Crippen LogP contribution in [0.1, 0.15) is 45.6 Å². The van der Waals surface area contributed by atoms with Crippen molar-refractivity contribution in [3.05, 3.63) is 69.8 Å². The Kier molecular flexibility index (Phi) is 4.40. The minimum absolute atomic E-state index is 0.0458. The van der Waals surface area contributed by atoms with E-state index in [1.54, 1.807) is 0 Å². The molecule has 2 aromatic carbocycles. The molecule has 132 valence electrons. The molecular formula is C22H26O3. The summed E-state index contributed by atoms with van der Waals surface area (Å²) in [7, 11) is 0. The van der Waals surface area contributed by atoms with Crippen LogP contribution >= 0.6 is 0 Å². The summed E-state index contributed by atoms with van der Waals surface area (Å²) in [4.78, 5) is 0. The minimum Gasteiger partial charge on any atom is -0.370 e. The van der Waals surface area contributed by atoms with Gasteiger partial charge in [0.15, 0.2) is 0 Å². The molecule has 0 aromatic heterocycles. The van der Waals surface area contributed by atoms with Crippen LogP contribution < -0.4 is 0 Å². The Morgan fingerprint density at radius 1 is 0.760 bits per heavy atom. The molecule has 3 heteroatoms. The van der Waals surface area contributed by atoms with Gasteiger partial charge in [0.2, 0.25) is 0 Å². The molecule has 0 saturated carbocycles. The quantitative estimate of drug-likeness (QED) is 0.727. The lowest BCUT2D eigenvalue weighted by atomic mass is 9.96. The molecule has 2 fully saturated rings. The fraction of sp³-hybridized carbons (Fsp3) is 0.455. The van der Waals surface area contributed by atoms with E-state index in [4.69, 9.17) is 14.2 Å². The summed E-state index contributed by atoms with van der Waals surface area (Å²) in [5.74, 6) is 0. The van der Waals surface area contributed by atoms with Crippen molar-refractivity contribution in [1.29, 1.82) is 0 Å². The average molecular weight is 338 g/mol. The standard InChI is InChI=1S/C22H26O3/c1-13-5-7-17(15(3)9-13)21(19-11-23-19)25-22(20-12-24-20)18-8-6-14(2)10-16(18)4/h5-10,19-22H,11-12H2,1-4H3. The summed E-state index contributed by atoms with van der Waals surface area (Å²) < 4.78 is 17.9. The lowest BCUT2D eigenvalue weighted by Crippen LogP contribution is -2.20. The van der Waals surface area contributed by atoms with Crippen LogP contribution in [-0.4, -0.2) is 25.4 Å². The molecule has 0 bridgehead atoms. The van der Waals surface area contributed by atoms with E-state index in [1.807, 2.05) is 0 Å². The zero-order chi connectivity index (χ0) is 17.6. The molecule has 2 aliphatic rings. The van der Waals surface area contributed by atoms with Gasteiger partial charge in [-0.15, -0.1) is 0 Å². The van der Waals surface area contributed by atoms with Gasteiger partial charge in [-0.2, -0.15) is 0 Å².